The fourth-order valence-corrected chi connectivity index (χ4v) is 4.14. The molecule has 0 spiro atoms. The van der Waals surface area contributed by atoms with Crippen LogP contribution in [-0.2, 0) is 11.0 Å². The molecule has 0 radical (unpaired) electrons. The second-order valence-electron chi connectivity index (χ2n) is 5.12. The number of rotatable bonds is 7. The molecule has 0 saturated heterocycles. The van der Waals surface area contributed by atoms with Gasteiger partial charge in [-0.3, -0.25) is 5.10 Å². The largest absolute Gasteiger partial charge is 0.266 e. The number of benzene rings is 1. The first-order valence-corrected chi connectivity index (χ1v) is 9.43. The highest BCUT2D eigenvalue weighted by molar-refractivity contribution is 7.99. The number of aromatic nitrogens is 3. The minimum Gasteiger partial charge on any atom is -0.266 e. The average Bonchev–Trinajstić information content (AvgIpc) is 3.00. The lowest BCUT2D eigenvalue weighted by Gasteiger charge is -2.11. The monoisotopic (exact) mass is 346 g/mol. The Morgan fingerprint density at radius 3 is 2.91 bits per heavy atom. The zero-order chi connectivity index (χ0) is 16.1. The second kappa shape index (κ2) is 7.72. The van der Waals surface area contributed by atoms with E-state index in [1.54, 1.807) is 6.20 Å². The van der Waals surface area contributed by atoms with Gasteiger partial charge in [0.25, 0.3) is 0 Å². The smallest absolute Gasteiger partial charge is 0.182 e. The van der Waals surface area contributed by atoms with Crippen molar-refractivity contribution in [2.45, 2.75) is 28.5 Å². The molecule has 2 unspecified atom stereocenters. The Hall–Kier alpha value is -1.70. The number of H-pyrrole nitrogens is 1. The van der Waals surface area contributed by atoms with Crippen molar-refractivity contribution in [1.82, 2.24) is 19.9 Å². The van der Waals surface area contributed by atoms with Gasteiger partial charge in [-0.2, -0.15) is 5.10 Å². The number of pyridine rings is 1. The standard InChI is InChI=1S/C16H18N4OS2/c1-12(22-13-6-3-2-4-7-13)9-11-18-23(21)16-14-8-5-10-17-15(14)19-20-16/h2-8,10,12,18H,9,11H2,1H3,(H,17,19,20). The molecule has 2 heterocycles. The molecule has 2 atom stereocenters. The van der Waals surface area contributed by atoms with Crippen LogP contribution in [0.15, 0.2) is 58.6 Å². The van der Waals surface area contributed by atoms with Crippen molar-refractivity contribution in [2.24, 2.45) is 0 Å². The molecule has 0 aliphatic carbocycles. The first kappa shape index (κ1) is 16.2. The molecule has 3 aromatic rings. The van der Waals surface area contributed by atoms with E-state index in [9.17, 15) is 4.21 Å². The molecule has 0 aliphatic rings. The third kappa shape index (κ3) is 4.19. The van der Waals surface area contributed by atoms with E-state index in [1.165, 1.54) is 4.90 Å². The van der Waals surface area contributed by atoms with Crippen molar-refractivity contribution in [2.75, 3.05) is 6.54 Å². The fourth-order valence-electron chi connectivity index (χ4n) is 2.19. The molecule has 0 aliphatic heterocycles. The number of aromatic amines is 1. The molecular weight excluding hydrogens is 328 g/mol. The van der Waals surface area contributed by atoms with Gasteiger partial charge in [0.2, 0.25) is 0 Å². The van der Waals surface area contributed by atoms with Crippen LogP contribution in [0, 0.1) is 0 Å². The summed E-state index contributed by atoms with van der Waals surface area (Å²) in [6.07, 6.45) is 2.60. The summed E-state index contributed by atoms with van der Waals surface area (Å²) < 4.78 is 15.4. The van der Waals surface area contributed by atoms with Crippen molar-refractivity contribution in [3.05, 3.63) is 48.7 Å². The summed E-state index contributed by atoms with van der Waals surface area (Å²) in [7, 11) is -1.31. The first-order valence-electron chi connectivity index (χ1n) is 7.40. The Bertz CT molecular complexity index is 791. The van der Waals surface area contributed by atoms with Gasteiger partial charge in [0.05, 0.1) is 5.39 Å². The van der Waals surface area contributed by atoms with E-state index in [2.05, 4.69) is 39.0 Å². The topological polar surface area (TPSA) is 70.7 Å². The summed E-state index contributed by atoms with van der Waals surface area (Å²) in [6.45, 7) is 2.85. The molecule has 0 amide bonds. The fraction of sp³-hybridized carbons (Fsp3) is 0.250. The number of nitrogens with zero attached hydrogens (tertiary/aromatic N) is 2. The average molecular weight is 346 g/mol. The summed E-state index contributed by atoms with van der Waals surface area (Å²) >= 11 is 1.83. The molecule has 0 bridgehead atoms. The molecule has 2 N–H and O–H groups in total. The predicted octanol–water partition coefficient (Wildman–Crippen LogP) is 3.14. The lowest BCUT2D eigenvalue weighted by Crippen LogP contribution is -2.21. The van der Waals surface area contributed by atoms with Crippen molar-refractivity contribution in [3.8, 4) is 0 Å². The predicted molar refractivity (Wildman–Crippen MR) is 94.7 cm³/mol. The van der Waals surface area contributed by atoms with Crippen LogP contribution >= 0.6 is 11.8 Å². The van der Waals surface area contributed by atoms with Crippen LogP contribution in [0.25, 0.3) is 11.0 Å². The van der Waals surface area contributed by atoms with Crippen molar-refractivity contribution in [3.63, 3.8) is 0 Å². The van der Waals surface area contributed by atoms with Gasteiger partial charge >= 0.3 is 0 Å². The van der Waals surface area contributed by atoms with Crippen LogP contribution in [0.2, 0.25) is 0 Å². The number of fused-ring (bicyclic) bond motifs is 1. The minimum atomic E-state index is -1.31. The molecule has 7 heteroatoms. The number of hydrogen-bond donors (Lipinski definition) is 2. The Morgan fingerprint density at radius 2 is 2.09 bits per heavy atom. The molecule has 23 heavy (non-hydrogen) atoms. The van der Waals surface area contributed by atoms with Gasteiger partial charge in [-0.1, -0.05) is 25.1 Å². The maximum absolute atomic E-state index is 12.4. The maximum atomic E-state index is 12.4. The Kier molecular flexibility index (Phi) is 5.43. The van der Waals surface area contributed by atoms with Gasteiger partial charge in [-0.05, 0) is 30.7 Å². The summed E-state index contributed by atoms with van der Waals surface area (Å²) in [5.74, 6) is 0. The van der Waals surface area contributed by atoms with Crippen molar-refractivity contribution < 1.29 is 4.21 Å². The Balaban J connectivity index is 1.51. The highest BCUT2D eigenvalue weighted by atomic mass is 32.2. The van der Waals surface area contributed by atoms with E-state index in [0.29, 0.717) is 22.5 Å². The zero-order valence-electron chi connectivity index (χ0n) is 12.7. The highest BCUT2D eigenvalue weighted by Gasteiger charge is 2.12. The maximum Gasteiger partial charge on any atom is 0.182 e. The number of hydrogen-bond acceptors (Lipinski definition) is 4. The summed E-state index contributed by atoms with van der Waals surface area (Å²) in [5, 5.41) is 8.70. The summed E-state index contributed by atoms with van der Waals surface area (Å²) in [6, 6.07) is 14.0. The van der Waals surface area contributed by atoms with E-state index in [-0.39, 0.29) is 0 Å². The van der Waals surface area contributed by atoms with E-state index in [4.69, 9.17) is 0 Å². The Morgan fingerprint density at radius 1 is 1.26 bits per heavy atom. The van der Waals surface area contributed by atoms with E-state index in [0.717, 1.165) is 11.8 Å². The zero-order valence-corrected chi connectivity index (χ0v) is 14.4. The van der Waals surface area contributed by atoms with Crippen molar-refractivity contribution in [1.29, 1.82) is 0 Å². The van der Waals surface area contributed by atoms with Gasteiger partial charge in [0.15, 0.2) is 5.65 Å². The van der Waals surface area contributed by atoms with Crippen molar-refractivity contribution >= 4 is 33.8 Å². The highest BCUT2D eigenvalue weighted by Crippen LogP contribution is 2.24. The van der Waals surface area contributed by atoms with Crippen LogP contribution in [0.5, 0.6) is 0 Å². The quantitative estimate of drug-likeness (QED) is 0.645. The van der Waals surface area contributed by atoms with E-state index >= 15 is 0 Å². The molecule has 1 aromatic carbocycles. The molecule has 0 fully saturated rings. The van der Waals surface area contributed by atoms with Crippen LogP contribution in [0.3, 0.4) is 0 Å². The van der Waals surface area contributed by atoms with E-state index < -0.39 is 11.0 Å². The number of thioether (sulfide) groups is 1. The SMILES string of the molecule is CC(CCNS(=O)c1[nH]nc2ncccc12)Sc1ccccc1. The second-order valence-corrected chi connectivity index (χ2v) is 7.87. The van der Waals surface area contributed by atoms with Crippen LogP contribution < -0.4 is 4.72 Å². The van der Waals surface area contributed by atoms with Gasteiger partial charge in [-0.25, -0.2) is 13.9 Å². The summed E-state index contributed by atoms with van der Waals surface area (Å²) in [5.41, 5.74) is 0.589. The van der Waals surface area contributed by atoms with Gasteiger partial charge in [0, 0.05) is 22.9 Å². The third-order valence-corrected chi connectivity index (χ3v) is 5.68. The van der Waals surface area contributed by atoms with Crippen LogP contribution in [0.1, 0.15) is 13.3 Å². The molecule has 3 rings (SSSR count). The molecular formula is C16H18N4OS2. The molecule has 5 nitrogen and oxygen atoms in total. The van der Waals surface area contributed by atoms with Gasteiger partial charge in [-0.15, -0.1) is 11.8 Å². The molecule has 0 saturated carbocycles. The van der Waals surface area contributed by atoms with Gasteiger partial charge < -0.3 is 0 Å². The lowest BCUT2D eigenvalue weighted by atomic mass is 10.3. The number of nitrogens with one attached hydrogen (secondary N) is 2. The third-order valence-electron chi connectivity index (χ3n) is 3.34. The summed E-state index contributed by atoms with van der Waals surface area (Å²) in [4.78, 5) is 5.39. The first-order chi connectivity index (χ1) is 11.2. The minimum absolute atomic E-state index is 0.446. The van der Waals surface area contributed by atoms with E-state index in [1.807, 2.05) is 42.1 Å². The van der Waals surface area contributed by atoms with Crippen LogP contribution in [-0.4, -0.2) is 31.2 Å². The normalized spacial score (nSPS) is 14.0. The Labute approximate surface area is 141 Å². The molecule has 2 aromatic heterocycles. The van der Waals surface area contributed by atoms with Gasteiger partial charge in [0.1, 0.15) is 16.0 Å². The van der Waals surface area contributed by atoms with Crippen LogP contribution in [0.4, 0.5) is 0 Å². The lowest BCUT2D eigenvalue weighted by molar-refractivity contribution is 0.664. The molecule has 120 valence electrons.